The maximum absolute atomic E-state index is 12.1. The van der Waals surface area contributed by atoms with Crippen molar-refractivity contribution in [2.45, 2.75) is 44.3 Å². The quantitative estimate of drug-likeness (QED) is 0.547. The lowest BCUT2D eigenvalue weighted by molar-refractivity contribution is 0.0529. The Labute approximate surface area is 121 Å². The standard InChI is InChI=1S/C15H22O4S/c1-5-10-18-13(3)11-14(4)19-20(16,17)15-8-6-12(2)7-9-15/h5-9,13-14H,1,10-11H2,2-4H3. The molecule has 0 radical (unpaired) electrons. The van der Waals surface area contributed by atoms with Crippen LogP contribution in [0.5, 0.6) is 0 Å². The number of rotatable bonds is 8. The molecular formula is C15H22O4S. The number of hydrogen-bond donors (Lipinski definition) is 0. The summed E-state index contributed by atoms with van der Waals surface area (Å²) in [6, 6.07) is 6.59. The molecule has 0 bridgehead atoms. The van der Waals surface area contributed by atoms with Crippen LogP contribution in [0.25, 0.3) is 0 Å². The van der Waals surface area contributed by atoms with E-state index < -0.39 is 16.2 Å². The van der Waals surface area contributed by atoms with E-state index >= 15 is 0 Å². The van der Waals surface area contributed by atoms with E-state index in [9.17, 15) is 8.42 Å². The van der Waals surface area contributed by atoms with Crippen LogP contribution in [-0.4, -0.2) is 27.2 Å². The minimum atomic E-state index is -3.72. The predicted molar refractivity (Wildman–Crippen MR) is 79.1 cm³/mol. The molecule has 1 rings (SSSR count). The Morgan fingerprint density at radius 3 is 2.35 bits per heavy atom. The van der Waals surface area contributed by atoms with Crippen LogP contribution in [0.15, 0.2) is 41.8 Å². The molecule has 2 unspecified atom stereocenters. The maximum atomic E-state index is 12.1. The zero-order valence-corrected chi connectivity index (χ0v) is 13.0. The number of aryl methyl sites for hydroxylation is 1. The molecule has 0 aliphatic rings. The van der Waals surface area contributed by atoms with Gasteiger partial charge in [0.05, 0.1) is 23.7 Å². The first-order valence-electron chi connectivity index (χ1n) is 6.57. The average molecular weight is 298 g/mol. The molecule has 0 aliphatic carbocycles. The summed E-state index contributed by atoms with van der Waals surface area (Å²) in [5.41, 5.74) is 1.00. The monoisotopic (exact) mass is 298 g/mol. The lowest BCUT2D eigenvalue weighted by Crippen LogP contribution is -2.22. The molecule has 0 saturated heterocycles. The van der Waals surface area contributed by atoms with Gasteiger partial charge in [-0.15, -0.1) is 6.58 Å². The zero-order chi connectivity index (χ0) is 15.2. The van der Waals surface area contributed by atoms with Crippen LogP contribution in [0.2, 0.25) is 0 Å². The summed E-state index contributed by atoms with van der Waals surface area (Å²) in [6.45, 7) is 9.51. The fourth-order valence-corrected chi connectivity index (χ4v) is 2.88. The Bertz CT molecular complexity index is 519. The molecule has 0 aliphatic heterocycles. The van der Waals surface area contributed by atoms with Gasteiger partial charge in [0.25, 0.3) is 10.1 Å². The van der Waals surface area contributed by atoms with E-state index in [1.54, 1.807) is 37.3 Å². The normalized spacial score (nSPS) is 14.8. The van der Waals surface area contributed by atoms with E-state index in [0.717, 1.165) is 5.56 Å². The number of ether oxygens (including phenoxy) is 1. The zero-order valence-electron chi connectivity index (χ0n) is 12.2. The van der Waals surface area contributed by atoms with Crippen LogP contribution in [0.3, 0.4) is 0 Å². The molecule has 0 spiro atoms. The van der Waals surface area contributed by atoms with Crippen molar-refractivity contribution in [3.8, 4) is 0 Å². The third kappa shape index (κ3) is 5.45. The van der Waals surface area contributed by atoms with Gasteiger partial charge in [0.15, 0.2) is 0 Å². The summed E-state index contributed by atoms with van der Waals surface area (Å²) in [4.78, 5) is 0.176. The molecule has 1 aromatic carbocycles. The molecule has 0 aromatic heterocycles. The molecular weight excluding hydrogens is 276 g/mol. The summed E-state index contributed by atoms with van der Waals surface area (Å²) >= 11 is 0. The number of benzene rings is 1. The Kier molecular flexibility index (Phi) is 6.39. The van der Waals surface area contributed by atoms with Crippen LogP contribution in [-0.2, 0) is 19.0 Å². The van der Waals surface area contributed by atoms with Crippen molar-refractivity contribution in [1.82, 2.24) is 0 Å². The lowest BCUT2D eigenvalue weighted by Gasteiger charge is -2.17. The first kappa shape index (κ1) is 16.9. The molecule has 0 N–H and O–H groups in total. The van der Waals surface area contributed by atoms with Crippen molar-refractivity contribution < 1.29 is 17.3 Å². The van der Waals surface area contributed by atoms with E-state index in [-0.39, 0.29) is 11.0 Å². The molecule has 20 heavy (non-hydrogen) atoms. The van der Waals surface area contributed by atoms with Crippen molar-refractivity contribution in [3.05, 3.63) is 42.5 Å². The second kappa shape index (κ2) is 7.57. The molecule has 0 heterocycles. The first-order chi connectivity index (χ1) is 9.35. The van der Waals surface area contributed by atoms with Gasteiger partial charge in [-0.05, 0) is 32.9 Å². The molecule has 1 aromatic rings. The third-order valence-electron chi connectivity index (χ3n) is 2.76. The highest BCUT2D eigenvalue weighted by atomic mass is 32.2. The predicted octanol–water partition coefficient (Wildman–Crippen LogP) is 3.07. The SMILES string of the molecule is C=CCOC(C)CC(C)OS(=O)(=O)c1ccc(C)cc1. The molecule has 4 nitrogen and oxygen atoms in total. The van der Waals surface area contributed by atoms with Gasteiger partial charge < -0.3 is 4.74 Å². The summed E-state index contributed by atoms with van der Waals surface area (Å²) in [5.74, 6) is 0. The minimum absolute atomic E-state index is 0.0868. The minimum Gasteiger partial charge on any atom is -0.374 e. The summed E-state index contributed by atoms with van der Waals surface area (Å²) < 4.78 is 34.7. The van der Waals surface area contributed by atoms with E-state index in [4.69, 9.17) is 8.92 Å². The molecule has 0 amide bonds. The van der Waals surface area contributed by atoms with Gasteiger partial charge in [-0.2, -0.15) is 8.42 Å². The van der Waals surface area contributed by atoms with Crippen LogP contribution in [0.1, 0.15) is 25.8 Å². The Morgan fingerprint density at radius 2 is 1.80 bits per heavy atom. The van der Waals surface area contributed by atoms with Crippen molar-refractivity contribution in [2.75, 3.05) is 6.61 Å². The van der Waals surface area contributed by atoms with Gasteiger partial charge in [0, 0.05) is 6.42 Å². The summed E-state index contributed by atoms with van der Waals surface area (Å²) in [7, 11) is -3.72. The fourth-order valence-electron chi connectivity index (χ4n) is 1.78. The Morgan fingerprint density at radius 1 is 1.20 bits per heavy atom. The van der Waals surface area contributed by atoms with E-state index in [1.807, 2.05) is 13.8 Å². The Balaban J connectivity index is 2.61. The smallest absolute Gasteiger partial charge is 0.297 e. The lowest BCUT2D eigenvalue weighted by atomic mass is 10.2. The highest BCUT2D eigenvalue weighted by Gasteiger charge is 2.20. The van der Waals surface area contributed by atoms with Crippen LogP contribution in [0.4, 0.5) is 0 Å². The maximum Gasteiger partial charge on any atom is 0.297 e. The van der Waals surface area contributed by atoms with E-state index in [0.29, 0.717) is 13.0 Å². The van der Waals surface area contributed by atoms with Gasteiger partial charge >= 0.3 is 0 Å². The van der Waals surface area contributed by atoms with Crippen LogP contribution < -0.4 is 0 Å². The van der Waals surface area contributed by atoms with Gasteiger partial charge in [-0.1, -0.05) is 23.8 Å². The number of hydrogen-bond acceptors (Lipinski definition) is 4. The van der Waals surface area contributed by atoms with Crippen molar-refractivity contribution >= 4 is 10.1 Å². The summed E-state index contributed by atoms with van der Waals surface area (Å²) in [5, 5.41) is 0. The van der Waals surface area contributed by atoms with Crippen molar-refractivity contribution in [1.29, 1.82) is 0 Å². The first-order valence-corrected chi connectivity index (χ1v) is 7.98. The van der Waals surface area contributed by atoms with Crippen LogP contribution >= 0.6 is 0 Å². The third-order valence-corrected chi connectivity index (χ3v) is 4.19. The fraction of sp³-hybridized carbons (Fsp3) is 0.467. The topological polar surface area (TPSA) is 52.6 Å². The van der Waals surface area contributed by atoms with E-state index in [2.05, 4.69) is 6.58 Å². The van der Waals surface area contributed by atoms with Crippen molar-refractivity contribution in [3.63, 3.8) is 0 Å². The second-order valence-corrected chi connectivity index (χ2v) is 6.41. The summed E-state index contributed by atoms with van der Waals surface area (Å²) in [6.07, 6.45) is 1.63. The largest absolute Gasteiger partial charge is 0.374 e. The molecule has 2 atom stereocenters. The van der Waals surface area contributed by atoms with Gasteiger partial charge in [-0.3, -0.25) is 4.18 Å². The van der Waals surface area contributed by atoms with Gasteiger partial charge in [0.1, 0.15) is 0 Å². The van der Waals surface area contributed by atoms with Crippen LogP contribution in [0, 0.1) is 6.92 Å². The average Bonchev–Trinajstić information content (AvgIpc) is 2.36. The van der Waals surface area contributed by atoms with Gasteiger partial charge in [-0.25, -0.2) is 0 Å². The molecule has 0 saturated carbocycles. The molecule has 112 valence electrons. The second-order valence-electron chi connectivity index (χ2n) is 4.84. The van der Waals surface area contributed by atoms with Gasteiger partial charge in [0.2, 0.25) is 0 Å². The Hall–Kier alpha value is -1.17. The molecule has 0 fully saturated rings. The highest BCUT2D eigenvalue weighted by Crippen LogP contribution is 2.17. The highest BCUT2D eigenvalue weighted by molar-refractivity contribution is 7.86. The molecule has 5 heteroatoms. The van der Waals surface area contributed by atoms with E-state index in [1.165, 1.54) is 0 Å². The van der Waals surface area contributed by atoms with Crippen molar-refractivity contribution in [2.24, 2.45) is 0 Å².